The number of likely N-dealkylation sites (tertiary alicyclic amines) is 1. The van der Waals surface area contributed by atoms with Gasteiger partial charge in [-0.1, -0.05) is 31.0 Å². The number of carbonyl (C=O) groups is 2. The maximum atomic E-state index is 15.7. The lowest BCUT2D eigenvalue weighted by Crippen LogP contribution is -2.43. The number of aryl methyl sites for hydroxylation is 2. The van der Waals surface area contributed by atoms with E-state index in [1.54, 1.807) is 35.2 Å². The second-order valence-corrected chi connectivity index (χ2v) is 9.63. The number of anilines is 1. The molecule has 2 N–H and O–H groups in total. The van der Waals surface area contributed by atoms with E-state index in [0.29, 0.717) is 48.4 Å². The van der Waals surface area contributed by atoms with Gasteiger partial charge in [0.25, 0.3) is 5.91 Å². The summed E-state index contributed by atoms with van der Waals surface area (Å²) in [6.07, 6.45) is 8.56. The Morgan fingerprint density at radius 2 is 1.94 bits per heavy atom. The van der Waals surface area contributed by atoms with E-state index in [2.05, 4.69) is 16.6 Å². The fourth-order valence-corrected chi connectivity index (χ4v) is 4.97. The van der Waals surface area contributed by atoms with Crippen molar-refractivity contribution in [1.29, 1.82) is 0 Å². The number of nitrogens with one attached hydrogen (secondary N) is 2. The van der Waals surface area contributed by atoms with Gasteiger partial charge in [0.1, 0.15) is 5.67 Å². The highest BCUT2D eigenvalue weighted by Gasteiger charge is 2.38. The highest BCUT2D eigenvalue weighted by Crippen LogP contribution is 2.37. The zero-order chi connectivity index (χ0) is 25.7. The highest BCUT2D eigenvalue weighted by molar-refractivity contribution is 5.98. The third-order valence-electron chi connectivity index (χ3n) is 7.24. The fourth-order valence-electron chi connectivity index (χ4n) is 4.97. The Kier molecular flexibility index (Phi) is 7.95. The molecule has 7 heteroatoms. The SMILES string of the molecule is C#Cc1ccc(C2(F)CCN(C(=O)c3cc(NC(=O)NC[C@H]4CCCO4)c(CC)cc3C)CC2)cc1. The number of terminal acetylenes is 1. The van der Waals surface area contributed by atoms with Gasteiger partial charge in [0, 0.05) is 55.9 Å². The summed E-state index contributed by atoms with van der Waals surface area (Å²) in [5, 5.41) is 5.76. The highest BCUT2D eigenvalue weighted by atomic mass is 19.1. The number of urea groups is 1. The molecule has 2 heterocycles. The third kappa shape index (κ3) is 5.71. The van der Waals surface area contributed by atoms with Crippen molar-refractivity contribution in [2.45, 2.75) is 57.7 Å². The zero-order valence-corrected chi connectivity index (χ0v) is 21.0. The predicted molar refractivity (Wildman–Crippen MR) is 139 cm³/mol. The molecule has 3 amide bonds. The molecular formula is C29H34FN3O3. The van der Waals surface area contributed by atoms with Crippen LogP contribution in [0, 0.1) is 19.3 Å². The average molecular weight is 492 g/mol. The van der Waals surface area contributed by atoms with E-state index in [0.717, 1.165) is 30.6 Å². The van der Waals surface area contributed by atoms with Gasteiger partial charge in [0.05, 0.1) is 6.10 Å². The molecule has 0 radical (unpaired) electrons. The van der Waals surface area contributed by atoms with Gasteiger partial charge in [-0.3, -0.25) is 4.79 Å². The van der Waals surface area contributed by atoms with Gasteiger partial charge in [-0.2, -0.15) is 0 Å². The summed E-state index contributed by atoms with van der Waals surface area (Å²) in [4.78, 5) is 27.6. The molecule has 2 aliphatic rings. The molecule has 190 valence electrons. The quantitative estimate of drug-likeness (QED) is 0.563. The van der Waals surface area contributed by atoms with E-state index in [1.807, 2.05) is 19.9 Å². The number of ether oxygens (including phenoxy) is 1. The van der Waals surface area contributed by atoms with Gasteiger partial charge in [0.2, 0.25) is 0 Å². The molecular weight excluding hydrogens is 457 g/mol. The summed E-state index contributed by atoms with van der Waals surface area (Å²) < 4.78 is 21.3. The Morgan fingerprint density at radius 1 is 1.22 bits per heavy atom. The van der Waals surface area contributed by atoms with Crippen molar-refractivity contribution in [3.05, 3.63) is 64.2 Å². The molecule has 2 aromatic carbocycles. The van der Waals surface area contributed by atoms with Crippen LogP contribution in [0.25, 0.3) is 0 Å². The maximum absolute atomic E-state index is 15.7. The molecule has 2 aromatic rings. The Labute approximate surface area is 212 Å². The molecule has 0 aromatic heterocycles. The normalized spacial score (nSPS) is 18.9. The monoisotopic (exact) mass is 491 g/mol. The van der Waals surface area contributed by atoms with Crippen LogP contribution in [0.1, 0.15) is 65.2 Å². The topological polar surface area (TPSA) is 70.7 Å². The van der Waals surface area contributed by atoms with Crippen molar-refractivity contribution >= 4 is 17.6 Å². The standard InChI is InChI=1S/C29H34FN3O3/c1-4-21-8-10-23(11-9-21)29(30)12-14-33(15-13-29)27(34)25-18-26(22(5-2)17-20(25)3)32-28(35)31-19-24-7-6-16-36-24/h1,8-11,17-18,24H,5-7,12-16,19H2,2-3H3,(H2,31,32,35)/t24-/m1/s1. The minimum absolute atomic E-state index is 0.0496. The van der Waals surface area contributed by atoms with Crippen LogP contribution in [0.2, 0.25) is 0 Å². The van der Waals surface area contributed by atoms with Gasteiger partial charge in [0.15, 0.2) is 0 Å². The summed E-state index contributed by atoms with van der Waals surface area (Å²) in [6.45, 7) is 5.71. The van der Waals surface area contributed by atoms with Gasteiger partial charge < -0.3 is 20.3 Å². The minimum Gasteiger partial charge on any atom is -0.376 e. The van der Waals surface area contributed by atoms with E-state index < -0.39 is 5.67 Å². The molecule has 4 rings (SSSR count). The van der Waals surface area contributed by atoms with Crippen molar-refractivity contribution in [2.24, 2.45) is 0 Å². The molecule has 0 spiro atoms. The Bertz CT molecular complexity index is 1140. The summed E-state index contributed by atoms with van der Waals surface area (Å²) in [5.41, 5.74) is 2.74. The number of rotatable bonds is 6. The minimum atomic E-state index is -1.49. The number of carbonyl (C=O) groups excluding carboxylic acids is 2. The molecule has 0 saturated carbocycles. The van der Waals surface area contributed by atoms with Crippen LogP contribution < -0.4 is 10.6 Å². The molecule has 0 aliphatic carbocycles. The van der Waals surface area contributed by atoms with Crippen LogP contribution in [0.3, 0.4) is 0 Å². The van der Waals surface area contributed by atoms with Crippen LogP contribution in [0.4, 0.5) is 14.9 Å². The summed E-state index contributed by atoms with van der Waals surface area (Å²) in [6, 6.07) is 10.3. The molecule has 6 nitrogen and oxygen atoms in total. The number of hydrogen-bond donors (Lipinski definition) is 2. The number of alkyl halides is 1. The number of nitrogens with zero attached hydrogens (tertiary/aromatic N) is 1. The predicted octanol–water partition coefficient (Wildman–Crippen LogP) is 4.94. The zero-order valence-electron chi connectivity index (χ0n) is 21.0. The lowest BCUT2D eigenvalue weighted by molar-refractivity contribution is 0.0421. The first-order valence-corrected chi connectivity index (χ1v) is 12.7. The second kappa shape index (κ2) is 11.1. The van der Waals surface area contributed by atoms with E-state index >= 15 is 4.39 Å². The van der Waals surface area contributed by atoms with Crippen LogP contribution in [-0.4, -0.2) is 49.2 Å². The number of benzene rings is 2. The second-order valence-electron chi connectivity index (χ2n) is 9.63. The molecule has 2 saturated heterocycles. The van der Waals surface area contributed by atoms with Crippen molar-refractivity contribution < 1.29 is 18.7 Å². The van der Waals surface area contributed by atoms with Crippen molar-refractivity contribution in [3.8, 4) is 12.3 Å². The number of hydrogen-bond acceptors (Lipinski definition) is 3. The van der Waals surface area contributed by atoms with Crippen molar-refractivity contribution in [2.75, 3.05) is 31.6 Å². The first kappa shape index (κ1) is 25.7. The largest absolute Gasteiger partial charge is 0.376 e. The lowest BCUT2D eigenvalue weighted by atomic mass is 9.85. The smallest absolute Gasteiger partial charge is 0.319 e. The Balaban J connectivity index is 1.43. The first-order chi connectivity index (χ1) is 17.3. The molecule has 36 heavy (non-hydrogen) atoms. The Morgan fingerprint density at radius 3 is 2.56 bits per heavy atom. The van der Waals surface area contributed by atoms with Crippen molar-refractivity contribution in [3.63, 3.8) is 0 Å². The van der Waals surface area contributed by atoms with Gasteiger partial charge >= 0.3 is 6.03 Å². The van der Waals surface area contributed by atoms with Gasteiger partial charge in [-0.15, -0.1) is 6.42 Å². The first-order valence-electron chi connectivity index (χ1n) is 12.7. The number of amides is 3. The summed E-state index contributed by atoms with van der Waals surface area (Å²) >= 11 is 0. The number of piperidine rings is 1. The van der Waals surface area contributed by atoms with Crippen molar-refractivity contribution in [1.82, 2.24) is 10.2 Å². The Hall–Kier alpha value is -3.37. The van der Waals surface area contributed by atoms with Gasteiger partial charge in [-0.05, 0) is 61.1 Å². The molecule has 0 unspecified atom stereocenters. The maximum Gasteiger partial charge on any atom is 0.319 e. The molecule has 2 aliphatic heterocycles. The van der Waals surface area contributed by atoms with Crippen LogP contribution in [0.15, 0.2) is 36.4 Å². The molecule has 0 bridgehead atoms. The van der Waals surface area contributed by atoms with E-state index in [4.69, 9.17) is 11.2 Å². The van der Waals surface area contributed by atoms with Crippen LogP contribution >= 0.6 is 0 Å². The summed E-state index contributed by atoms with van der Waals surface area (Å²) in [7, 11) is 0. The summed E-state index contributed by atoms with van der Waals surface area (Å²) in [5.74, 6) is 2.40. The van der Waals surface area contributed by atoms with E-state index in [9.17, 15) is 9.59 Å². The lowest BCUT2D eigenvalue weighted by Gasteiger charge is -2.37. The molecule has 1 atom stereocenters. The number of halogens is 1. The van der Waals surface area contributed by atoms with E-state index in [1.165, 1.54) is 0 Å². The third-order valence-corrected chi connectivity index (χ3v) is 7.24. The average Bonchev–Trinajstić information content (AvgIpc) is 3.42. The fraction of sp³-hybridized carbons (Fsp3) is 0.448. The van der Waals surface area contributed by atoms with Crippen LogP contribution in [0.5, 0.6) is 0 Å². The van der Waals surface area contributed by atoms with Crippen LogP contribution in [-0.2, 0) is 16.8 Å². The van der Waals surface area contributed by atoms with E-state index in [-0.39, 0.29) is 30.9 Å². The van der Waals surface area contributed by atoms with Gasteiger partial charge in [-0.25, -0.2) is 9.18 Å². The molecule has 2 fully saturated rings.